The van der Waals surface area contributed by atoms with Gasteiger partial charge in [0.1, 0.15) is 5.82 Å². The van der Waals surface area contributed by atoms with E-state index in [9.17, 15) is 14.0 Å². The molecular formula is C12H12FNO2S. The smallest absolute Gasteiger partial charge is 0.299 e. The fourth-order valence-electron chi connectivity index (χ4n) is 1.92. The first kappa shape index (κ1) is 12.1. The van der Waals surface area contributed by atoms with Gasteiger partial charge in [0.05, 0.1) is 11.3 Å². The van der Waals surface area contributed by atoms with Crippen LogP contribution in [0.5, 0.6) is 0 Å². The highest BCUT2D eigenvalue weighted by Gasteiger charge is 2.37. The summed E-state index contributed by atoms with van der Waals surface area (Å²) in [6.07, 6.45) is 1.90. The van der Waals surface area contributed by atoms with Gasteiger partial charge in [0.2, 0.25) is 0 Å². The zero-order valence-corrected chi connectivity index (χ0v) is 10.4. The van der Waals surface area contributed by atoms with Gasteiger partial charge in [-0.2, -0.15) is 11.8 Å². The molecule has 1 aromatic rings. The quantitative estimate of drug-likeness (QED) is 0.773. The van der Waals surface area contributed by atoms with Crippen LogP contribution in [0.1, 0.15) is 15.9 Å². The number of benzene rings is 1. The highest BCUT2D eigenvalue weighted by molar-refractivity contribution is 7.98. The van der Waals surface area contributed by atoms with Crippen LogP contribution in [0.25, 0.3) is 0 Å². The zero-order chi connectivity index (χ0) is 12.6. The molecule has 90 valence electrons. The summed E-state index contributed by atoms with van der Waals surface area (Å²) in [6.45, 7) is 2.06. The summed E-state index contributed by atoms with van der Waals surface area (Å²) in [5.41, 5.74) is 0.974. The number of anilines is 1. The highest BCUT2D eigenvalue weighted by atomic mass is 32.2. The summed E-state index contributed by atoms with van der Waals surface area (Å²) in [4.78, 5) is 24.7. The van der Waals surface area contributed by atoms with Gasteiger partial charge in [-0.15, -0.1) is 0 Å². The molecule has 0 fully saturated rings. The molecule has 0 aromatic heterocycles. The molecule has 0 saturated heterocycles. The number of ketones is 1. The van der Waals surface area contributed by atoms with E-state index in [2.05, 4.69) is 0 Å². The van der Waals surface area contributed by atoms with Gasteiger partial charge in [-0.25, -0.2) is 4.39 Å². The minimum Gasteiger partial charge on any atom is -0.301 e. The zero-order valence-electron chi connectivity index (χ0n) is 9.62. The van der Waals surface area contributed by atoms with Crippen molar-refractivity contribution in [3.63, 3.8) is 0 Å². The molecule has 0 atom stereocenters. The Morgan fingerprint density at radius 2 is 2.06 bits per heavy atom. The van der Waals surface area contributed by atoms with E-state index >= 15 is 0 Å². The van der Waals surface area contributed by atoms with Gasteiger partial charge in [-0.1, -0.05) is 0 Å². The van der Waals surface area contributed by atoms with Crippen LogP contribution in [0.3, 0.4) is 0 Å². The van der Waals surface area contributed by atoms with Crippen LogP contribution in [0.15, 0.2) is 12.1 Å². The fourth-order valence-corrected chi connectivity index (χ4v) is 2.28. The average Bonchev–Trinajstić information content (AvgIpc) is 2.51. The number of thioether (sulfide) groups is 1. The second kappa shape index (κ2) is 4.49. The number of aryl methyl sites for hydroxylation is 1. The van der Waals surface area contributed by atoms with Crippen molar-refractivity contribution in [2.75, 3.05) is 23.5 Å². The summed E-state index contributed by atoms with van der Waals surface area (Å²) in [7, 11) is 0. The summed E-state index contributed by atoms with van der Waals surface area (Å²) < 4.78 is 13.8. The summed E-state index contributed by atoms with van der Waals surface area (Å²) in [5.74, 6) is -1.06. The molecule has 0 saturated carbocycles. The molecule has 0 bridgehead atoms. The Hall–Kier alpha value is -1.36. The monoisotopic (exact) mass is 253 g/mol. The predicted octanol–water partition coefficient (Wildman–Crippen LogP) is 2.03. The molecule has 1 heterocycles. The summed E-state index contributed by atoms with van der Waals surface area (Å²) in [6, 6.07) is 2.91. The van der Waals surface area contributed by atoms with Crippen molar-refractivity contribution >= 4 is 29.1 Å². The van der Waals surface area contributed by atoms with Gasteiger partial charge in [-0.3, -0.25) is 9.59 Å². The van der Waals surface area contributed by atoms with Crippen LogP contribution >= 0.6 is 11.8 Å². The third-order valence-electron chi connectivity index (χ3n) is 2.68. The van der Waals surface area contributed by atoms with Crippen LogP contribution in [0.2, 0.25) is 0 Å². The maximum absolute atomic E-state index is 13.8. The molecule has 17 heavy (non-hydrogen) atoms. The van der Waals surface area contributed by atoms with Crippen LogP contribution < -0.4 is 4.90 Å². The number of Topliss-reactive ketones (excluding diaryl/α,β-unsaturated/α-hetero) is 1. The molecule has 0 N–H and O–H groups in total. The van der Waals surface area contributed by atoms with Crippen LogP contribution in [-0.4, -0.2) is 30.2 Å². The maximum atomic E-state index is 13.8. The van der Waals surface area contributed by atoms with Crippen molar-refractivity contribution in [3.05, 3.63) is 29.1 Å². The maximum Gasteiger partial charge on any atom is 0.299 e. The van der Waals surface area contributed by atoms with Gasteiger partial charge in [0.25, 0.3) is 11.7 Å². The third kappa shape index (κ3) is 1.95. The number of amides is 1. The molecule has 3 nitrogen and oxygen atoms in total. The van der Waals surface area contributed by atoms with Crippen molar-refractivity contribution in [2.24, 2.45) is 0 Å². The number of carbonyl (C=O) groups is 2. The van der Waals surface area contributed by atoms with Crippen LogP contribution in [-0.2, 0) is 4.79 Å². The molecule has 1 aliphatic heterocycles. The normalized spacial score (nSPS) is 14.4. The Kier molecular flexibility index (Phi) is 3.19. The van der Waals surface area contributed by atoms with Gasteiger partial charge >= 0.3 is 0 Å². The molecule has 0 radical (unpaired) electrons. The first-order chi connectivity index (χ1) is 8.06. The third-order valence-corrected chi connectivity index (χ3v) is 3.27. The minimum atomic E-state index is -0.626. The first-order valence-corrected chi connectivity index (χ1v) is 6.61. The van der Waals surface area contributed by atoms with E-state index in [0.717, 1.165) is 0 Å². The van der Waals surface area contributed by atoms with E-state index < -0.39 is 17.5 Å². The molecule has 0 spiro atoms. The Morgan fingerprint density at radius 3 is 2.71 bits per heavy atom. The Bertz CT molecular complexity index is 502. The van der Waals surface area contributed by atoms with Gasteiger partial charge < -0.3 is 4.90 Å². The largest absolute Gasteiger partial charge is 0.301 e. The topological polar surface area (TPSA) is 37.4 Å². The number of rotatable bonds is 3. The second-order valence-electron chi connectivity index (χ2n) is 3.92. The molecule has 5 heteroatoms. The van der Waals surface area contributed by atoms with Crippen molar-refractivity contribution in [3.8, 4) is 0 Å². The lowest BCUT2D eigenvalue weighted by atomic mass is 10.1. The SMILES string of the molecule is CSCCN1C(=O)C(=O)c2cc(C)cc(F)c21. The minimum absolute atomic E-state index is 0.139. The Morgan fingerprint density at radius 1 is 1.35 bits per heavy atom. The van der Waals surface area contributed by atoms with Crippen LogP contribution in [0.4, 0.5) is 10.1 Å². The first-order valence-electron chi connectivity index (χ1n) is 5.21. The van der Waals surface area contributed by atoms with Crippen molar-refractivity contribution in [1.82, 2.24) is 0 Å². The molecular weight excluding hydrogens is 241 g/mol. The standard InChI is InChI=1S/C12H12FNO2S/c1-7-5-8-10(9(13)6-7)14(3-4-17-2)12(16)11(8)15/h5-6H,3-4H2,1-2H3. The molecule has 2 rings (SSSR count). The average molecular weight is 253 g/mol. The number of hydrogen-bond acceptors (Lipinski definition) is 3. The lowest BCUT2D eigenvalue weighted by Gasteiger charge is -2.16. The van der Waals surface area contributed by atoms with E-state index in [0.29, 0.717) is 17.9 Å². The molecule has 1 amide bonds. The van der Waals surface area contributed by atoms with E-state index in [1.807, 2.05) is 6.26 Å². The Labute approximate surface area is 103 Å². The predicted molar refractivity (Wildman–Crippen MR) is 66.2 cm³/mol. The number of hydrogen-bond donors (Lipinski definition) is 0. The van der Waals surface area contributed by atoms with Gasteiger partial charge in [0, 0.05) is 12.3 Å². The highest BCUT2D eigenvalue weighted by Crippen LogP contribution is 2.32. The molecule has 0 unspecified atom stereocenters. The van der Waals surface area contributed by atoms with E-state index in [-0.39, 0.29) is 11.3 Å². The van der Waals surface area contributed by atoms with E-state index in [4.69, 9.17) is 0 Å². The number of carbonyl (C=O) groups excluding carboxylic acids is 2. The number of fused-ring (bicyclic) bond motifs is 1. The van der Waals surface area contributed by atoms with Crippen molar-refractivity contribution in [2.45, 2.75) is 6.92 Å². The lowest BCUT2D eigenvalue weighted by molar-refractivity contribution is -0.114. The second-order valence-corrected chi connectivity index (χ2v) is 4.91. The van der Waals surface area contributed by atoms with E-state index in [1.165, 1.54) is 11.0 Å². The molecule has 0 aliphatic carbocycles. The number of halogens is 1. The van der Waals surface area contributed by atoms with Crippen molar-refractivity contribution in [1.29, 1.82) is 0 Å². The van der Waals surface area contributed by atoms with Crippen LogP contribution in [0, 0.1) is 12.7 Å². The fraction of sp³-hybridized carbons (Fsp3) is 0.333. The van der Waals surface area contributed by atoms with Gasteiger partial charge in [0.15, 0.2) is 0 Å². The van der Waals surface area contributed by atoms with Crippen molar-refractivity contribution < 1.29 is 14.0 Å². The lowest BCUT2D eigenvalue weighted by Crippen LogP contribution is -2.32. The number of nitrogens with zero attached hydrogens (tertiary/aromatic N) is 1. The van der Waals surface area contributed by atoms with E-state index in [1.54, 1.807) is 24.8 Å². The molecule has 1 aliphatic rings. The summed E-state index contributed by atoms with van der Waals surface area (Å²) in [5, 5.41) is 0. The molecule has 1 aromatic carbocycles. The Balaban J connectivity index is 2.48. The van der Waals surface area contributed by atoms with Gasteiger partial charge in [-0.05, 0) is 30.9 Å². The summed E-state index contributed by atoms with van der Waals surface area (Å²) >= 11 is 1.55.